The fourth-order valence-corrected chi connectivity index (χ4v) is 3.05. The van der Waals surface area contributed by atoms with Crippen molar-refractivity contribution in [3.63, 3.8) is 0 Å². The molecule has 2 aromatic rings. The maximum atomic E-state index is 13.9. The third-order valence-electron chi connectivity index (χ3n) is 4.27. The highest BCUT2D eigenvalue weighted by Crippen LogP contribution is 2.23. The van der Waals surface area contributed by atoms with Crippen LogP contribution in [0.3, 0.4) is 0 Å². The molecule has 1 aliphatic rings. The largest absolute Gasteiger partial charge is 0.364 e. The molecule has 3 heterocycles. The fraction of sp³-hybridized carbons (Fsp3) is 0.562. The number of alkyl halides is 1. The van der Waals surface area contributed by atoms with Gasteiger partial charge in [0.05, 0.1) is 12.2 Å². The Bertz CT molecular complexity index is 744. The Morgan fingerprint density at radius 1 is 1.50 bits per heavy atom. The zero-order valence-corrected chi connectivity index (χ0v) is 13.9. The lowest BCUT2D eigenvalue weighted by Gasteiger charge is -2.23. The molecule has 0 radical (unpaired) electrons. The molecule has 1 N–H and O–H groups in total. The first kappa shape index (κ1) is 16.6. The number of nitrogens with one attached hydrogen (secondary N) is 1. The van der Waals surface area contributed by atoms with Crippen molar-refractivity contribution in [1.29, 1.82) is 0 Å². The molecule has 2 atom stereocenters. The number of aromatic nitrogens is 3. The summed E-state index contributed by atoms with van der Waals surface area (Å²) in [5.41, 5.74) is 0.650. The van der Waals surface area contributed by atoms with E-state index in [0.717, 1.165) is 11.5 Å². The first-order valence-corrected chi connectivity index (χ1v) is 8.16. The summed E-state index contributed by atoms with van der Waals surface area (Å²) in [4.78, 5) is 18.3. The van der Waals surface area contributed by atoms with Gasteiger partial charge in [0.15, 0.2) is 11.6 Å². The molecule has 3 rings (SSSR count). The van der Waals surface area contributed by atoms with E-state index in [0.29, 0.717) is 38.4 Å². The topological polar surface area (TPSA) is 76.2 Å². The number of likely N-dealkylation sites (tertiary alicyclic amines) is 1. The second-order valence-corrected chi connectivity index (χ2v) is 6.10. The zero-order chi connectivity index (χ0) is 17.1. The predicted molar refractivity (Wildman–Crippen MR) is 87.6 cm³/mol. The summed E-state index contributed by atoms with van der Waals surface area (Å²) in [6, 6.07) is 1.83. The van der Waals surface area contributed by atoms with Gasteiger partial charge in [-0.05, 0) is 20.3 Å². The molecule has 0 saturated carbocycles. The molecule has 0 unspecified atom stereocenters. The van der Waals surface area contributed by atoms with E-state index in [1.54, 1.807) is 17.0 Å². The van der Waals surface area contributed by atoms with Crippen LogP contribution in [0.25, 0.3) is 0 Å². The molecule has 1 saturated heterocycles. The van der Waals surface area contributed by atoms with Crippen molar-refractivity contribution in [2.75, 3.05) is 18.4 Å². The standard InChI is InChI=1S/C16H22FN5O2/c1-3-21-5-4-18-15(16(21)23)19-8-13-7-12(17)9-22(13)10-14-6-11(2)20-24-14/h4-6,12-13H,3,7-10H2,1-2H3,(H,18,19)/t12-,13-/m0/s1. The van der Waals surface area contributed by atoms with Gasteiger partial charge in [-0.15, -0.1) is 0 Å². The van der Waals surface area contributed by atoms with Crippen molar-refractivity contribution in [2.45, 2.75) is 45.6 Å². The molecule has 0 bridgehead atoms. The average Bonchev–Trinajstić information content (AvgIpc) is 3.12. The maximum absolute atomic E-state index is 13.9. The highest BCUT2D eigenvalue weighted by Gasteiger charge is 2.32. The summed E-state index contributed by atoms with van der Waals surface area (Å²) in [5.74, 6) is 1.02. The Morgan fingerprint density at radius 2 is 2.33 bits per heavy atom. The quantitative estimate of drug-likeness (QED) is 0.864. The molecule has 24 heavy (non-hydrogen) atoms. The van der Waals surface area contributed by atoms with Gasteiger partial charge < -0.3 is 14.4 Å². The van der Waals surface area contributed by atoms with Gasteiger partial charge >= 0.3 is 0 Å². The molecule has 0 aliphatic carbocycles. The van der Waals surface area contributed by atoms with Crippen LogP contribution < -0.4 is 10.9 Å². The Kier molecular flexibility index (Phi) is 4.94. The summed E-state index contributed by atoms with van der Waals surface area (Å²) < 4.78 is 20.7. The van der Waals surface area contributed by atoms with Crippen LogP contribution in [-0.4, -0.2) is 44.9 Å². The number of anilines is 1. The SMILES string of the molecule is CCn1ccnc(NC[C@@H]2C[C@H](F)CN2Cc2cc(C)no2)c1=O. The van der Waals surface area contributed by atoms with Gasteiger partial charge in [0.1, 0.15) is 6.17 Å². The molecule has 0 amide bonds. The lowest BCUT2D eigenvalue weighted by atomic mass is 10.2. The summed E-state index contributed by atoms with van der Waals surface area (Å²) in [6.07, 6.45) is 2.79. The third kappa shape index (κ3) is 3.64. The Hall–Kier alpha value is -2.22. The van der Waals surface area contributed by atoms with Gasteiger partial charge in [0, 0.05) is 44.1 Å². The summed E-state index contributed by atoms with van der Waals surface area (Å²) in [7, 11) is 0. The van der Waals surface area contributed by atoms with Crippen molar-refractivity contribution in [3.8, 4) is 0 Å². The van der Waals surface area contributed by atoms with Crippen LogP contribution in [0.2, 0.25) is 0 Å². The monoisotopic (exact) mass is 335 g/mol. The van der Waals surface area contributed by atoms with Crippen LogP contribution in [-0.2, 0) is 13.1 Å². The van der Waals surface area contributed by atoms with Crippen molar-refractivity contribution in [1.82, 2.24) is 19.6 Å². The molecule has 2 aromatic heterocycles. The Morgan fingerprint density at radius 3 is 3.04 bits per heavy atom. The number of hydrogen-bond donors (Lipinski definition) is 1. The third-order valence-corrected chi connectivity index (χ3v) is 4.27. The van der Waals surface area contributed by atoms with Gasteiger partial charge in [0.2, 0.25) is 0 Å². The van der Waals surface area contributed by atoms with E-state index in [4.69, 9.17) is 4.52 Å². The highest BCUT2D eigenvalue weighted by atomic mass is 19.1. The number of rotatable bonds is 6. The molecule has 1 aliphatic heterocycles. The van der Waals surface area contributed by atoms with Crippen LogP contribution in [0, 0.1) is 6.92 Å². The van der Waals surface area contributed by atoms with Gasteiger partial charge in [-0.1, -0.05) is 5.16 Å². The first-order chi connectivity index (χ1) is 11.6. The Labute approximate surface area is 139 Å². The highest BCUT2D eigenvalue weighted by molar-refractivity contribution is 5.31. The molecule has 1 fully saturated rings. The van der Waals surface area contributed by atoms with Gasteiger partial charge in [-0.25, -0.2) is 9.37 Å². The summed E-state index contributed by atoms with van der Waals surface area (Å²) in [6.45, 7) is 5.67. The minimum absolute atomic E-state index is 0.0260. The number of halogens is 1. The molecule has 0 spiro atoms. The van der Waals surface area contributed by atoms with Crippen LogP contribution in [0.4, 0.5) is 10.2 Å². The molecular formula is C16H22FN5O2. The number of hydrogen-bond acceptors (Lipinski definition) is 6. The summed E-state index contributed by atoms with van der Waals surface area (Å²) in [5, 5.41) is 6.93. The van der Waals surface area contributed by atoms with Crippen molar-refractivity contribution >= 4 is 5.82 Å². The van der Waals surface area contributed by atoms with Crippen molar-refractivity contribution in [2.24, 2.45) is 0 Å². The fourth-order valence-electron chi connectivity index (χ4n) is 3.05. The van der Waals surface area contributed by atoms with Gasteiger partial charge in [0.25, 0.3) is 5.56 Å². The smallest absolute Gasteiger partial charge is 0.293 e. The molecule has 0 aromatic carbocycles. The van der Waals surface area contributed by atoms with E-state index < -0.39 is 6.17 Å². The van der Waals surface area contributed by atoms with E-state index in [1.165, 1.54) is 0 Å². The van der Waals surface area contributed by atoms with Crippen LogP contribution in [0.5, 0.6) is 0 Å². The van der Waals surface area contributed by atoms with E-state index in [9.17, 15) is 9.18 Å². The second-order valence-electron chi connectivity index (χ2n) is 6.10. The normalized spacial score (nSPS) is 21.3. The minimum atomic E-state index is -0.878. The summed E-state index contributed by atoms with van der Waals surface area (Å²) >= 11 is 0. The van der Waals surface area contributed by atoms with Gasteiger partial charge in [-0.3, -0.25) is 9.69 Å². The van der Waals surface area contributed by atoms with Crippen molar-refractivity contribution < 1.29 is 8.91 Å². The maximum Gasteiger partial charge on any atom is 0.293 e. The van der Waals surface area contributed by atoms with Crippen LogP contribution in [0.15, 0.2) is 27.8 Å². The average molecular weight is 335 g/mol. The van der Waals surface area contributed by atoms with E-state index in [1.807, 2.05) is 24.8 Å². The van der Waals surface area contributed by atoms with E-state index in [-0.39, 0.29) is 11.6 Å². The molecule has 130 valence electrons. The Balaban J connectivity index is 1.65. The van der Waals surface area contributed by atoms with Crippen LogP contribution in [0.1, 0.15) is 24.8 Å². The predicted octanol–water partition coefficient (Wildman–Crippen LogP) is 1.58. The second kappa shape index (κ2) is 7.12. The molecular weight excluding hydrogens is 313 g/mol. The zero-order valence-electron chi connectivity index (χ0n) is 13.9. The van der Waals surface area contributed by atoms with E-state index in [2.05, 4.69) is 15.5 Å². The van der Waals surface area contributed by atoms with Crippen molar-refractivity contribution in [3.05, 3.63) is 40.3 Å². The number of aryl methyl sites for hydroxylation is 2. The van der Waals surface area contributed by atoms with E-state index >= 15 is 0 Å². The van der Waals surface area contributed by atoms with Gasteiger partial charge in [-0.2, -0.15) is 0 Å². The minimum Gasteiger partial charge on any atom is -0.364 e. The first-order valence-electron chi connectivity index (χ1n) is 8.16. The van der Waals surface area contributed by atoms with Crippen LogP contribution >= 0.6 is 0 Å². The lowest BCUT2D eigenvalue weighted by Crippen LogP contribution is -2.36. The number of nitrogens with zero attached hydrogens (tertiary/aromatic N) is 4. The molecule has 7 nitrogen and oxygen atoms in total. The molecule has 8 heteroatoms. The lowest BCUT2D eigenvalue weighted by molar-refractivity contribution is 0.212.